The quantitative estimate of drug-likeness (QED) is 0.693. The second-order valence-corrected chi connectivity index (χ2v) is 4.39. The molecule has 0 spiro atoms. The van der Waals surface area contributed by atoms with Crippen LogP contribution < -0.4 is 4.74 Å². The molecule has 0 saturated carbocycles. The van der Waals surface area contributed by atoms with Crippen LogP contribution in [0.4, 0.5) is 0 Å². The molecule has 5 heteroatoms. The monoisotopic (exact) mass is 289 g/mol. The molecule has 0 saturated heterocycles. The van der Waals surface area contributed by atoms with Gasteiger partial charge in [0.15, 0.2) is 17.3 Å². The molecule has 0 unspecified atom stereocenters. The first kappa shape index (κ1) is 14.1. The van der Waals surface area contributed by atoms with E-state index in [9.17, 15) is 9.90 Å². The van der Waals surface area contributed by atoms with Crippen molar-refractivity contribution in [2.24, 2.45) is 0 Å². The number of carbonyl (C=O) groups is 1. The Morgan fingerprint density at radius 2 is 2.05 bits per heavy atom. The predicted octanol–water partition coefficient (Wildman–Crippen LogP) is 3.35. The summed E-state index contributed by atoms with van der Waals surface area (Å²) in [5.74, 6) is -0.00384. The fourth-order valence-corrected chi connectivity index (χ4v) is 1.85. The van der Waals surface area contributed by atoms with Gasteiger partial charge in [-0.25, -0.2) is 0 Å². The van der Waals surface area contributed by atoms with Crippen LogP contribution in [0.1, 0.15) is 15.9 Å². The second-order valence-electron chi connectivity index (χ2n) is 3.99. The topological polar surface area (TPSA) is 59.4 Å². The number of phenolic OH excluding ortho intramolecular Hbond substituents is 1. The van der Waals surface area contributed by atoms with Crippen LogP contribution in [0.15, 0.2) is 42.7 Å². The van der Waals surface area contributed by atoms with Gasteiger partial charge >= 0.3 is 0 Å². The van der Waals surface area contributed by atoms with Crippen LogP contribution in [0.3, 0.4) is 0 Å². The summed E-state index contributed by atoms with van der Waals surface area (Å²) in [6.45, 7) is 0. The van der Waals surface area contributed by atoms with Crippen molar-refractivity contribution in [1.29, 1.82) is 0 Å². The Hall–Kier alpha value is -2.33. The Balaban J connectivity index is 2.24. The molecule has 1 aromatic carbocycles. The van der Waals surface area contributed by atoms with Gasteiger partial charge in [-0.2, -0.15) is 0 Å². The lowest BCUT2D eigenvalue weighted by Crippen LogP contribution is -1.93. The maximum Gasteiger partial charge on any atom is 0.185 e. The van der Waals surface area contributed by atoms with E-state index in [1.807, 2.05) is 0 Å². The van der Waals surface area contributed by atoms with E-state index in [0.717, 1.165) is 0 Å². The summed E-state index contributed by atoms with van der Waals surface area (Å²) < 4.78 is 5.00. The van der Waals surface area contributed by atoms with Gasteiger partial charge in [-0.05, 0) is 35.9 Å². The third-order valence-corrected chi connectivity index (χ3v) is 2.95. The summed E-state index contributed by atoms with van der Waals surface area (Å²) in [6, 6.07) is 6.42. The Bertz CT molecular complexity index is 654. The van der Waals surface area contributed by atoms with Crippen LogP contribution >= 0.6 is 11.6 Å². The maximum atomic E-state index is 11.9. The molecule has 1 heterocycles. The first-order chi connectivity index (χ1) is 9.61. The number of pyridine rings is 1. The largest absolute Gasteiger partial charge is 0.503 e. The molecule has 20 heavy (non-hydrogen) atoms. The minimum atomic E-state index is -0.143. The zero-order chi connectivity index (χ0) is 14.5. The average Bonchev–Trinajstić information content (AvgIpc) is 2.48. The van der Waals surface area contributed by atoms with Crippen LogP contribution in [0.5, 0.6) is 11.5 Å². The Morgan fingerprint density at radius 1 is 1.35 bits per heavy atom. The smallest absolute Gasteiger partial charge is 0.185 e. The van der Waals surface area contributed by atoms with Crippen molar-refractivity contribution in [2.75, 3.05) is 7.11 Å². The molecule has 2 rings (SSSR count). The zero-order valence-corrected chi connectivity index (χ0v) is 11.5. The fourth-order valence-electron chi connectivity index (χ4n) is 1.63. The Labute approximate surface area is 121 Å². The summed E-state index contributed by atoms with van der Waals surface area (Å²) in [4.78, 5) is 15.7. The summed E-state index contributed by atoms with van der Waals surface area (Å²) in [5, 5.41) is 9.79. The summed E-state index contributed by atoms with van der Waals surface area (Å²) in [6.07, 6.45) is 6.15. The highest BCUT2D eigenvalue weighted by Crippen LogP contribution is 2.35. The van der Waals surface area contributed by atoms with E-state index < -0.39 is 0 Å². The van der Waals surface area contributed by atoms with Crippen molar-refractivity contribution < 1.29 is 14.6 Å². The van der Waals surface area contributed by atoms with Crippen molar-refractivity contribution in [3.8, 4) is 11.5 Å². The normalized spacial score (nSPS) is 10.7. The van der Waals surface area contributed by atoms with Gasteiger partial charge in [0.2, 0.25) is 0 Å². The number of aromatic nitrogens is 1. The summed E-state index contributed by atoms with van der Waals surface area (Å²) in [7, 11) is 1.43. The SMILES string of the molecule is COc1cc(C=CC(=O)c2ccncc2)cc(Cl)c1O. The first-order valence-electron chi connectivity index (χ1n) is 5.80. The summed E-state index contributed by atoms with van der Waals surface area (Å²) >= 11 is 5.87. The standard InChI is InChI=1S/C15H12ClNO3/c1-20-14-9-10(8-12(16)15(14)19)2-3-13(18)11-4-6-17-7-5-11/h2-9,19H,1H3. The number of nitrogens with zero attached hydrogens (tertiary/aromatic N) is 1. The minimum Gasteiger partial charge on any atom is -0.503 e. The number of hydrogen-bond acceptors (Lipinski definition) is 4. The van der Waals surface area contributed by atoms with Crippen molar-refractivity contribution in [3.05, 3.63) is 58.9 Å². The fraction of sp³-hybridized carbons (Fsp3) is 0.0667. The number of aromatic hydroxyl groups is 1. The van der Waals surface area contributed by atoms with E-state index in [1.165, 1.54) is 13.2 Å². The highest BCUT2D eigenvalue weighted by molar-refractivity contribution is 6.32. The average molecular weight is 290 g/mol. The van der Waals surface area contributed by atoms with Gasteiger partial charge in [-0.15, -0.1) is 0 Å². The molecule has 0 radical (unpaired) electrons. The number of ketones is 1. The van der Waals surface area contributed by atoms with E-state index in [1.54, 1.807) is 42.7 Å². The molecule has 102 valence electrons. The molecule has 0 fully saturated rings. The van der Waals surface area contributed by atoms with Crippen molar-refractivity contribution in [2.45, 2.75) is 0 Å². The first-order valence-corrected chi connectivity index (χ1v) is 6.18. The van der Waals surface area contributed by atoms with Gasteiger partial charge in [-0.3, -0.25) is 9.78 Å². The highest BCUT2D eigenvalue weighted by Gasteiger charge is 2.08. The van der Waals surface area contributed by atoms with Gasteiger partial charge in [0.1, 0.15) is 0 Å². The van der Waals surface area contributed by atoms with Crippen LogP contribution in [-0.2, 0) is 0 Å². The molecule has 1 aromatic heterocycles. The van der Waals surface area contributed by atoms with Gasteiger partial charge in [0.05, 0.1) is 12.1 Å². The number of carbonyl (C=O) groups excluding carboxylic acids is 1. The molecule has 0 amide bonds. The predicted molar refractivity (Wildman–Crippen MR) is 77.3 cm³/mol. The molecule has 0 aliphatic heterocycles. The van der Waals surface area contributed by atoms with Crippen LogP contribution in [-0.4, -0.2) is 23.0 Å². The molecule has 1 N–H and O–H groups in total. The summed E-state index contributed by atoms with van der Waals surface area (Å²) in [5.41, 5.74) is 1.21. The number of rotatable bonds is 4. The van der Waals surface area contributed by atoms with Crippen LogP contribution in [0.25, 0.3) is 6.08 Å². The molecular formula is C15H12ClNO3. The van der Waals surface area contributed by atoms with E-state index >= 15 is 0 Å². The molecule has 2 aromatic rings. The third-order valence-electron chi connectivity index (χ3n) is 2.66. The van der Waals surface area contributed by atoms with Gasteiger partial charge in [-0.1, -0.05) is 17.7 Å². The minimum absolute atomic E-state index is 0.119. The Morgan fingerprint density at radius 3 is 2.70 bits per heavy atom. The zero-order valence-electron chi connectivity index (χ0n) is 10.7. The molecule has 0 aliphatic carbocycles. The van der Waals surface area contributed by atoms with Gasteiger partial charge in [0.25, 0.3) is 0 Å². The van der Waals surface area contributed by atoms with E-state index in [-0.39, 0.29) is 22.3 Å². The number of methoxy groups -OCH3 is 1. The van der Waals surface area contributed by atoms with Gasteiger partial charge in [0, 0.05) is 18.0 Å². The molecule has 0 atom stereocenters. The Kier molecular flexibility index (Phi) is 4.38. The number of benzene rings is 1. The third kappa shape index (κ3) is 3.16. The lowest BCUT2D eigenvalue weighted by atomic mass is 10.1. The van der Waals surface area contributed by atoms with Crippen molar-refractivity contribution in [1.82, 2.24) is 4.98 Å². The molecule has 0 aliphatic rings. The molecular weight excluding hydrogens is 278 g/mol. The lowest BCUT2D eigenvalue weighted by molar-refractivity contribution is 0.104. The van der Waals surface area contributed by atoms with Crippen LogP contribution in [0.2, 0.25) is 5.02 Å². The molecule has 4 nitrogen and oxygen atoms in total. The highest BCUT2D eigenvalue weighted by atomic mass is 35.5. The maximum absolute atomic E-state index is 11.9. The van der Waals surface area contributed by atoms with E-state index in [0.29, 0.717) is 11.1 Å². The number of halogens is 1. The number of allylic oxidation sites excluding steroid dienone is 1. The number of ether oxygens (including phenoxy) is 1. The second kappa shape index (κ2) is 6.21. The molecule has 0 bridgehead atoms. The van der Waals surface area contributed by atoms with Crippen molar-refractivity contribution >= 4 is 23.5 Å². The number of phenols is 1. The lowest BCUT2D eigenvalue weighted by Gasteiger charge is -2.06. The van der Waals surface area contributed by atoms with E-state index in [2.05, 4.69) is 4.98 Å². The van der Waals surface area contributed by atoms with E-state index in [4.69, 9.17) is 16.3 Å². The van der Waals surface area contributed by atoms with Crippen LogP contribution in [0, 0.1) is 0 Å². The number of hydrogen-bond donors (Lipinski definition) is 1. The van der Waals surface area contributed by atoms with Gasteiger partial charge < -0.3 is 9.84 Å². The van der Waals surface area contributed by atoms with Crippen molar-refractivity contribution in [3.63, 3.8) is 0 Å².